The zero-order valence-corrected chi connectivity index (χ0v) is 40.8. The van der Waals surface area contributed by atoms with Crippen LogP contribution in [-0.2, 0) is 13.5 Å². The molecule has 6 aliphatic rings. The van der Waals surface area contributed by atoms with E-state index < -0.39 is 13.5 Å². The molecule has 0 aromatic heterocycles. The van der Waals surface area contributed by atoms with E-state index in [0.29, 0.717) is 6.04 Å². The molecule has 0 N–H and O–H groups in total. The number of hydrogen-bond donors (Lipinski definition) is 0. The van der Waals surface area contributed by atoms with Gasteiger partial charge in [-0.25, -0.2) is 0 Å². The molecule has 3 aromatic carbocycles. The van der Waals surface area contributed by atoms with Crippen LogP contribution in [0.3, 0.4) is 0 Å². The van der Waals surface area contributed by atoms with Gasteiger partial charge in [-0.15, -0.1) is 0 Å². The van der Waals surface area contributed by atoms with Gasteiger partial charge in [0.2, 0.25) is 0 Å². The van der Waals surface area contributed by atoms with Crippen LogP contribution in [0.4, 0.5) is 5.69 Å². The van der Waals surface area contributed by atoms with Crippen LogP contribution < -0.4 is 4.90 Å². The molecule has 4 fully saturated rings. The number of allylic oxidation sites excluding steroid dienone is 1. The predicted molar refractivity (Wildman–Crippen MR) is 259 cm³/mol. The van der Waals surface area contributed by atoms with Gasteiger partial charge in [0.1, 0.15) is 0 Å². The van der Waals surface area contributed by atoms with Crippen LogP contribution in [0.5, 0.6) is 0 Å². The van der Waals surface area contributed by atoms with Crippen molar-refractivity contribution in [3.05, 3.63) is 125 Å². The summed E-state index contributed by atoms with van der Waals surface area (Å²) in [5.41, 5.74) is 14.0. The molecule has 9 rings (SSSR count). The maximum absolute atomic E-state index is 6.19. The number of nitrogens with zero attached hydrogens (tertiary/aromatic N) is 2. The maximum atomic E-state index is 6.19. The van der Waals surface area contributed by atoms with Crippen molar-refractivity contribution < 1.29 is 13.5 Å². The molecule has 6 heteroatoms. The van der Waals surface area contributed by atoms with Gasteiger partial charge in [-0.3, -0.25) is 0 Å². The summed E-state index contributed by atoms with van der Waals surface area (Å²) in [6.45, 7) is 8.91. The summed E-state index contributed by atoms with van der Waals surface area (Å²) in [6.07, 6.45) is 40.1. The Balaban J connectivity index is 0.000000135. The molecule has 0 amide bonds. The molecule has 1 aliphatic heterocycles. The third-order valence-electron chi connectivity index (χ3n) is 14.2. The quantitative estimate of drug-likeness (QED) is 0.138. The number of aryl methyl sites for hydroxylation is 3. The minimum atomic E-state index is -1.88. The molecular weight excluding hydrogens is 868 g/mol. The summed E-state index contributed by atoms with van der Waals surface area (Å²) in [5.74, 6) is 0. The Morgan fingerprint density at radius 3 is 1.54 bits per heavy atom. The zero-order valence-electron chi connectivity index (χ0n) is 36.5. The Morgan fingerprint density at radius 1 is 0.559 bits per heavy atom. The van der Waals surface area contributed by atoms with Gasteiger partial charge in [0.05, 0.1) is 17.0 Å². The fourth-order valence-corrected chi connectivity index (χ4v) is 19.2. The Bertz CT molecular complexity index is 1790. The fraction of sp³-hybridized carbons (Fsp3) is 0.547. The minimum absolute atomic E-state index is 0.0465. The second-order valence-corrected chi connectivity index (χ2v) is 27.8. The molecule has 59 heavy (non-hydrogen) atoms. The summed E-state index contributed by atoms with van der Waals surface area (Å²) in [7, 11) is 12.3. The molecule has 4 saturated carbocycles. The first-order valence-corrected chi connectivity index (χ1v) is 30.7. The van der Waals surface area contributed by atoms with Crippen LogP contribution >= 0.6 is 27.3 Å². The van der Waals surface area contributed by atoms with Crippen LogP contribution in [0.15, 0.2) is 85.2 Å². The number of anilines is 1. The summed E-state index contributed by atoms with van der Waals surface area (Å²) < 4.78 is 1.12. The first-order valence-electron chi connectivity index (χ1n) is 23.6. The Kier molecular flexibility index (Phi) is 17.7. The SMILES string of the molecule is C1CCC([PH+](C2CCCCC2)C2CCCCC2)CC1.Cc1cc(C)c(N2C=CN(C3CCCCCCC3)[CH-]2)c(C)c1.[Cl][Ru]([Cl])=[C]1C=C(c2ccccc2)c2ccccc21. The van der Waals surface area contributed by atoms with Crippen molar-refractivity contribution in [3.63, 3.8) is 0 Å². The molecule has 0 bridgehead atoms. The topological polar surface area (TPSA) is 6.48 Å². The summed E-state index contributed by atoms with van der Waals surface area (Å²) in [5, 5.41) is 0. The molecule has 2 nitrogen and oxygen atoms in total. The predicted octanol–water partition coefficient (Wildman–Crippen LogP) is 16.2. The van der Waals surface area contributed by atoms with Crippen molar-refractivity contribution in [2.24, 2.45) is 0 Å². The van der Waals surface area contributed by atoms with Gasteiger partial charge in [-0.05, 0) is 134 Å². The molecule has 1 heterocycles. The van der Waals surface area contributed by atoms with Gasteiger partial charge in [-0.2, -0.15) is 6.67 Å². The van der Waals surface area contributed by atoms with Crippen molar-refractivity contribution in [3.8, 4) is 0 Å². The van der Waals surface area contributed by atoms with E-state index in [2.05, 4.69) is 98.2 Å². The molecular formula is C53H73Cl2N2PRu. The van der Waals surface area contributed by atoms with E-state index in [1.165, 1.54) is 107 Å². The van der Waals surface area contributed by atoms with E-state index in [9.17, 15) is 0 Å². The average molecular weight is 941 g/mol. The van der Waals surface area contributed by atoms with Gasteiger partial charge >= 0.3 is 120 Å². The summed E-state index contributed by atoms with van der Waals surface area (Å²) >= 11 is -1.88. The molecule has 322 valence electrons. The van der Waals surface area contributed by atoms with Crippen LogP contribution in [-0.4, -0.2) is 32.0 Å². The third kappa shape index (κ3) is 12.2. The molecule has 0 radical (unpaired) electrons. The summed E-state index contributed by atoms with van der Waals surface area (Å²) in [6, 6.07) is 23.9. The standard InChI is InChI=1S/C20H29N2.C18H33P.C15H10.2ClH.Ru/c1-16-13-17(2)20(18(3)14-16)22-12-11-21(15-22)19-9-7-5-4-6-8-10-19;1-4-10-16(11-5-1)19(17-12-6-2-7-13-17)18-14-8-3-9-15-18;1-2-6-12(7-3-1)15-11-10-13-8-4-5-9-14(13)15;;;/h11-15,19H,4-10H2,1-3H3;16-18H,1-15H2;1-9,11H;2*1H;/q-1;;;;;+2/p-1. The van der Waals surface area contributed by atoms with E-state index in [4.69, 9.17) is 19.4 Å². The number of fused-ring (bicyclic) bond motifs is 1. The van der Waals surface area contributed by atoms with Crippen molar-refractivity contribution in [2.75, 3.05) is 4.90 Å². The van der Waals surface area contributed by atoms with Crippen molar-refractivity contribution in [2.45, 2.75) is 185 Å². The second-order valence-electron chi connectivity index (χ2n) is 18.5. The molecule has 0 saturated heterocycles. The van der Waals surface area contributed by atoms with Gasteiger partial charge < -0.3 is 9.80 Å². The Morgan fingerprint density at radius 2 is 1.02 bits per heavy atom. The van der Waals surface area contributed by atoms with Crippen LogP contribution in [0.1, 0.15) is 175 Å². The van der Waals surface area contributed by atoms with E-state index >= 15 is 0 Å². The summed E-state index contributed by atoms with van der Waals surface area (Å²) in [4.78, 5) is 4.76. The van der Waals surface area contributed by atoms with Crippen LogP contribution in [0, 0.1) is 27.4 Å². The van der Waals surface area contributed by atoms with Crippen molar-refractivity contribution in [1.82, 2.24) is 4.90 Å². The molecule has 0 atom stereocenters. The molecule has 0 unspecified atom stereocenters. The normalized spacial score (nSPS) is 21.2. The van der Waals surface area contributed by atoms with Crippen LogP contribution in [0.2, 0.25) is 0 Å². The van der Waals surface area contributed by atoms with E-state index in [1.54, 1.807) is 96.3 Å². The molecule has 0 spiro atoms. The van der Waals surface area contributed by atoms with E-state index in [1.807, 2.05) is 24.3 Å². The molecule has 3 aromatic rings. The second kappa shape index (κ2) is 23.1. The average Bonchev–Trinajstić information content (AvgIpc) is 3.89. The first-order chi connectivity index (χ1) is 28.9. The number of halogens is 2. The van der Waals surface area contributed by atoms with Gasteiger partial charge in [0.25, 0.3) is 0 Å². The van der Waals surface area contributed by atoms with E-state index in [-0.39, 0.29) is 7.92 Å². The Labute approximate surface area is 373 Å². The van der Waals surface area contributed by atoms with Crippen LogP contribution in [0.25, 0.3) is 5.57 Å². The third-order valence-corrected chi connectivity index (χ3v) is 21.9. The van der Waals surface area contributed by atoms with Crippen molar-refractivity contribution in [1.29, 1.82) is 0 Å². The monoisotopic (exact) mass is 940 g/mol. The zero-order chi connectivity index (χ0) is 41.0. The molecule has 5 aliphatic carbocycles. The number of rotatable bonds is 6. The van der Waals surface area contributed by atoms with Gasteiger partial charge in [0.15, 0.2) is 0 Å². The van der Waals surface area contributed by atoms with Gasteiger partial charge in [0, 0.05) is 19.7 Å². The number of hydrogen-bond acceptors (Lipinski definition) is 2. The number of benzene rings is 3. The van der Waals surface area contributed by atoms with Crippen molar-refractivity contribution >= 4 is 42.7 Å². The Hall–Kier alpha value is -1.76. The van der Waals surface area contributed by atoms with Gasteiger partial charge in [-0.1, -0.05) is 69.1 Å². The van der Waals surface area contributed by atoms with E-state index in [0.717, 1.165) is 4.11 Å². The first kappa shape index (κ1) is 45.3. The fourth-order valence-electron chi connectivity index (χ4n) is 11.5.